The van der Waals surface area contributed by atoms with Gasteiger partial charge in [0.1, 0.15) is 5.69 Å². The number of nitrogens with one attached hydrogen (secondary N) is 1. The number of hydrogen-bond acceptors (Lipinski definition) is 3. The molecule has 0 radical (unpaired) electrons. The third kappa shape index (κ3) is 3.31. The summed E-state index contributed by atoms with van der Waals surface area (Å²) in [6.45, 7) is 4.57. The van der Waals surface area contributed by atoms with Gasteiger partial charge in [-0.05, 0) is 43.2 Å². The Morgan fingerprint density at radius 2 is 2.05 bits per heavy atom. The molecule has 1 aromatic carbocycles. The molecule has 0 amide bonds. The Morgan fingerprint density at radius 3 is 2.79 bits per heavy atom. The van der Waals surface area contributed by atoms with E-state index in [9.17, 15) is 4.79 Å². The van der Waals surface area contributed by atoms with E-state index in [1.165, 1.54) is 11.6 Å². The average Bonchev–Trinajstić information content (AvgIpc) is 2.40. The van der Waals surface area contributed by atoms with Crippen molar-refractivity contribution in [3.05, 3.63) is 58.9 Å². The molecular weight excluding hydrogens is 240 g/mol. The smallest absolute Gasteiger partial charge is 0.354 e. The molecule has 0 saturated carbocycles. The molecule has 1 heterocycles. The lowest BCUT2D eigenvalue weighted by molar-refractivity contribution is 0.0690. The highest BCUT2D eigenvalue weighted by atomic mass is 16.4. The lowest BCUT2D eigenvalue weighted by atomic mass is 10.1. The van der Waals surface area contributed by atoms with Crippen LogP contribution < -0.4 is 5.32 Å². The van der Waals surface area contributed by atoms with Crippen LogP contribution in [0.5, 0.6) is 0 Å². The highest BCUT2D eigenvalue weighted by Crippen LogP contribution is 2.17. The molecule has 4 heteroatoms. The second-order valence-electron chi connectivity index (χ2n) is 4.49. The highest BCUT2D eigenvalue weighted by Gasteiger charge is 2.05. The summed E-state index contributed by atoms with van der Waals surface area (Å²) < 4.78 is 0. The van der Waals surface area contributed by atoms with Gasteiger partial charge in [0, 0.05) is 5.69 Å². The van der Waals surface area contributed by atoms with E-state index >= 15 is 0 Å². The van der Waals surface area contributed by atoms with Gasteiger partial charge in [-0.15, -0.1) is 0 Å². The predicted molar refractivity (Wildman–Crippen MR) is 74.4 cm³/mol. The quantitative estimate of drug-likeness (QED) is 0.882. The van der Waals surface area contributed by atoms with Crippen molar-refractivity contribution in [3.8, 4) is 0 Å². The van der Waals surface area contributed by atoms with Gasteiger partial charge in [-0.25, -0.2) is 9.78 Å². The third-order valence-corrected chi connectivity index (χ3v) is 2.88. The van der Waals surface area contributed by atoms with E-state index in [-0.39, 0.29) is 5.69 Å². The fraction of sp³-hybridized carbons (Fsp3) is 0.200. The second kappa shape index (κ2) is 5.52. The molecule has 0 aliphatic heterocycles. The number of carbonyl (C=O) groups is 1. The summed E-state index contributed by atoms with van der Waals surface area (Å²) in [7, 11) is 0. The minimum absolute atomic E-state index is 0.0697. The first-order valence-corrected chi connectivity index (χ1v) is 6.06. The van der Waals surface area contributed by atoms with E-state index in [1.54, 1.807) is 6.07 Å². The van der Waals surface area contributed by atoms with Crippen molar-refractivity contribution in [3.63, 3.8) is 0 Å². The SMILES string of the molecule is Cc1ccc(C)c(NCc2cccc(C(=O)O)n2)c1. The van der Waals surface area contributed by atoms with Gasteiger partial charge in [-0.1, -0.05) is 18.2 Å². The van der Waals surface area contributed by atoms with Gasteiger partial charge in [0.25, 0.3) is 0 Å². The van der Waals surface area contributed by atoms with Crippen LogP contribution in [0.15, 0.2) is 36.4 Å². The lowest BCUT2D eigenvalue weighted by Crippen LogP contribution is -2.07. The molecule has 4 nitrogen and oxygen atoms in total. The molecule has 0 atom stereocenters. The van der Waals surface area contributed by atoms with Gasteiger partial charge < -0.3 is 10.4 Å². The lowest BCUT2D eigenvalue weighted by Gasteiger charge is -2.10. The van der Waals surface area contributed by atoms with E-state index < -0.39 is 5.97 Å². The molecule has 0 unspecified atom stereocenters. The van der Waals surface area contributed by atoms with Crippen LogP contribution >= 0.6 is 0 Å². The van der Waals surface area contributed by atoms with Crippen molar-refractivity contribution >= 4 is 11.7 Å². The summed E-state index contributed by atoms with van der Waals surface area (Å²) in [5.74, 6) is -1.01. The monoisotopic (exact) mass is 256 g/mol. The number of aromatic nitrogens is 1. The van der Waals surface area contributed by atoms with Crippen molar-refractivity contribution in [2.75, 3.05) is 5.32 Å². The molecule has 0 spiro atoms. The summed E-state index contributed by atoms with van der Waals surface area (Å²) in [6, 6.07) is 11.2. The van der Waals surface area contributed by atoms with Crippen LogP contribution in [0.4, 0.5) is 5.69 Å². The summed E-state index contributed by atoms with van der Waals surface area (Å²) in [4.78, 5) is 14.9. The van der Waals surface area contributed by atoms with Crippen LogP contribution in [0.2, 0.25) is 0 Å². The number of benzene rings is 1. The molecule has 0 aliphatic rings. The first-order chi connectivity index (χ1) is 9.06. The molecule has 0 aliphatic carbocycles. The number of aromatic carboxylic acids is 1. The van der Waals surface area contributed by atoms with Crippen LogP contribution in [0, 0.1) is 13.8 Å². The standard InChI is InChI=1S/C15H16N2O2/c1-10-6-7-11(2)14(8-10)16-9-12-4-3-5-13(17-12)15(18)19/h3-8,16H,9H2,1-2H3,(H,18,19). The number of hydrogen-bond donors (Lipinski definition) is 2. The Labute approximate surface area is 112 Å². The van der Waals surface area contributed by atoms with E-state index in [1.807, 2.05) is 19.9 Å². The first-order valence-electron chi connectivity index (χ1n) is 6.06. The molecule has 2 N–H and O–H groups in total. The Hall–Kier alpha value is -2.36. The fourth-order valence-electron chi connectivity index (χ4n) is 1.81. The molecule has 2 aromatic rings. The van der Waals surface area contributed by atoms with Crippen molar-refractivity contribution < 1.29 is 9.90 Å². The van der Waals surface area contributed by atoms with Crippen LogP contribution in [0.1, 0.15) is 27.3 Å². The Morgan fingerprint density at radius 1 is 1.26 bits per heavy atom. The zero-order chi connectivity index (χ0) is 13.8. The average molecular weight is 256 g/mol. The summed E-state index contributed by atoms with van der Waals surface area (Å²) in [6.07, 6.45) is 0. The van der Waals surface area contributed by atoms with Gasteiger partial charge in [-0.2, -0.15) is 0 Å². The minimum atomic E-state index is -1.01. The van der Waals surface area contributed by atoms with Crippen LogP contribution in [0.3, 0.4) is 0 Å². The maximum Gasteiger partial charge on any atom is 0.354 e. The predicted octanol–water partition coefficient (Wildman–Crippen LogP) is 3.01. The number of rotatable bonds is 4. The largest absolute Gasteiger partial charge is 0.477 e. The number of carboxylic acid groups (broad SMARTS) is 1. The van der Waals surface area contributed by atoms with Crippen molar-refractivity contribution in [2.24, 2.45) is 0 Å². The molecule has 19 heavy (non-hydrogen) atoms. The molecule has 2 rings (SSSR count). The normalized spacial score (nSPS) is 10.2. The van der Waals surface area contributed by atoms with E-state index in [0.717, 1.165) is 11.3 Å². The zero-order valence-electron chi connectivity index (χ0n) is 11.0. The number of aryl methyl sites for hydroxylation is 2. The summed E-state index contributed by atoms with van der Waals surface area (Å²) >= 11 is 0. The van der Waals surface area contributed by atoms with Crippen LogP contribution in [0.25, 0.3) is 0 Å². The van der Waals surface area contributed by atoms with Gasteiger partial charge in [-0.3, -0.25) is 0 Å². The van der Waals surface area contributed by atoms with Gasteiger partial charge >= 0.3 is 5.97 Å². The number of carboxylic acids is 1. The Kier molecular flexibility index (Phi) is 3.80. The molecule has 0 bridgehead atoms. The Bertz CT molecular complexity index is 609. The second-order valence-corrected chi connectivity index (χ2v) is 4.49. The van der Waals surface area contributed by atoms with Crippen molar-refractivity contribution in [2.45, 2.75) is 20.4 Å². The van der Waals surface area contributed by atoms with Gasteiger partial charge in [0.05, 0.1) is 12.2 Å². The number of pyridine rings is 1. The maximum absolute atomic E-state index is 10.8. The fourth-order valence-corrected chi connectivity index (χ4v) is 1.81. The summed E-state index contributed by atoms with van der Waals surface area (Å²) in [5.41, 5.74) is 4.16. The maximum atomic E-state index is 10.8. The summed E-state index contributed by atoms with van der Waals surface area (Å²) in [5, 5.41) is 12.2. The molecule has 0 saturated heterocycles. The molecular formula is C15H16N2O2. The third-order valence-electron chi connectivity index (χ3n) is 2.88. The molecule has 0 fully saturated rings. The topological polar surface area (TPSA) is 62.2 Å². The van der Waals surface area contributed by atoms with Crippen LogP contribution in [-0.2, 0) is 6.54 Å². The molecule has 1 aromatic heterocycles. The highest BCUT2D eigenvalue weighted by molar-refractivity contribution is 5.85. The van der Waals surface area contributed by atoms with Gasteiger partial charge in [0.15, 0.2) is 0 Å². The van der Waals surface area contributed by atoms with Crippen LogP contribution in [-0.4, -0.2) is 16.1 Å². The number of anilines is 1. The van der Waals surface area contributed by atoms with Gasteiger partial charge in [0.2, 0.25) is 0 Å². The minimum Gasteiger partial charge on any atom is -0.477 e. The number of nitrogens with zero attached hydrogens (tertiary/aromatic N) is 1. The first kappa shape index (κ1) is 13.1. The van der Waals surface area contributed by atoms with Crippen molar-refractivity contribution in [1.29, 1.82) is 0 Å². The van der Waals surface area contributed by atoms with E-state index in [2.05, 4.69) is 28.5 Å². The van der Waals surface area contributed by atoms with Crippen molar-refractivity contribution in [1.82, 2.24) is 4.98 Å². The van der Waals surface area contributed by atoms with E-state index in [0.29, 0.717) is 12.2 Å². The zero-order valence-corrected chi connectivity index (χ0v) is 11.0. The Balaban J connectivity index is 2.12. The molecule has 98 valence electrons. The van der Waals surface area contributed by atoms with E-state index in [4.69, 9.17) is 5.11 Å².